The highest BCUT2D eigenvalue weighted by Gasteiger charge is 2.34. The maximum Gasteiger partial charge on any atom is 0.278 e. The van der Waals surface area contributed by atoms with Crippen molar-refractivity contribution in [3.05, 3.63) is 70.5 Å². The average Bonchev–Trinajstić information content (AvgIpc) is 3.34. The molecule has 2 aromatic carbocycles. The summed E-state index contributed by atoms with van der Waals surface area (Å²) in [6.07, 6.45) is 2.13. The third-order valence-electron chi connectivity index (χ3n) is 3.99. The molecule has 0 atom stereocenters. The van der Waals surface area contributed by atoms with Gasteiger partial charge in [-0.3, -0.25) is 4.79 Å². The lowest BCUT2D eigenvalue weighted by atomic mass is 10.2. The largest absolute Gasteiger partial charge is 0.321 e. The summed E-state index contributed by atoms with van der Waals surface area (Å²) in [6.45, 7) is 0. The molecule has 1 amide bonds. The minimum Gasteiger partial charge on any atom is -0.321 e. The highest BCUT2D eigenvalue weighted by molar-refractivity contribution is 9.10. The van der Waals surface area contributed by atoms with Crippen LogP contribution >= 0.6 is 15.9 Å². The first-order valence-corrected chi connectivity index (χ1v) is 8.59. The summed E-state index contributed by atoms with van der Waals surface area (Å²) in [5.74, 6) is 0.131. The lowest BCUT2D eigenvalue weighted by Gasteiger charge is -2.08. The predicted octanol–water partition coefficient (Wildman–Crippen LogP) is 4.16. The highest BCUT2D eigenvalue weighted by Crippen LogP contribution is 2.42. The molecule has 6 heteroatoms. The fraction of sp³-hybridized carbons (Fsp3) is 0.167. The van der Waals surface area contributed by atoms with Crippen molar-refractivity contribution in [2.45, 2.75) is 18.8 Å². The molecular weight excluding hydrogens is 368 g/mol. The number of amides is 1. The number of carbonyl (C=O) groups excluding carboxylic acids is 1. The molecule has 0 bridgehead atoms. The lowest BCUT2D eigenvalue weighted by molar-refractivity contribution is 0.102. The van der Waals surface area contributed by atoms with Crippen molar-refractivity contribution in [2.24, 2.45) is 0 Å². The molecule has 4 rings (SSSR count). The van der Waals surface area contributed by atoms with E-state index in [2.05, 4.69) is 31.6 Å². The molecule has 3 aromatic rings. The van der Waals surface area contributed by atoms with Crippen LogP contribution in [0, 0.1) is 0 Å². The Morgan fingerprint density at radius 1 is 1.08 bits per heavy atom. The lowest BCUT2D eigenvalue weighted by Crippen LogP contribution is -2.15. The number of carbonyl (C=O) groups is 1. The molecule has 1 saturated carbocycles. The highest BCUT2D eigenvalue weighted by atomic mass is 79.9. The van der Waals surface area contributed by atoms with Crippen LogP contribution in [-0.2, 0) is 0 Å². The summed E-state index contributed by atoms with van der Waals surface area (Å²) in [7, 11) is 0. The molecule has 120 valence electrons. The van der Waals surface area contributed by atoms with E-state index in [1.165, 1.54) is 0 Å². The average molecular weight is 383 g/mol. The van der Waals surface area contributed by atoms with Crippen LogP contribution in [0.3, 0.4) is 0 Å². The minimum absolute atomic E-state index is 0.216. The van der Waals surface area contributed by atoms with Gasteiger partial charge in [0.1, 0.15) is 0 Å². The first-order valence-electron chi connectivity index (χ1n) is 7.80. The van der Waals surface area contributed by atoms with Gasteiger partial charge in [0.2, 0.25) is 0 Å². The third kappa shape index (κ3) is 2.97. The van der Waals surface area contributed by atoms with Crippen LogP contribution in [-0.4, -0.2) is 20.9 Å². The Labute approximate surface area is 147 Å². The summed E-state index contributed by atoms with van der Waals surface area (Å²) in [5.41, 5.74) is 2.96. The maximum atomic E-state index is 12.6. The third-order valence-corrected chi connectivity index (χ3v) is 4.52. The van der Waals surface area contributed by atoms with Gasteiger partial charge in [0.25, 0.3) is 5.91 Å². The SMILES string of the molecule is O=C(Nc1ccccc1)c1nnn(-c2ccc(Br)cc2)c1C1CC1. The normalized spacial score (nSPS) is 13.7. The number of benzene rings is 2. The van der Waals surface area contributed by atoms with Crippen LogP contribution in [0.2, 0.25) is 0 Å². The van der Waals surface area contributed by atoms with Crippen LogP contribution < -0.4 is 5.32 Å². The van der Waals surface area contributed by atoms with E-state index in [4.69, 9.17) is 0 Å². The molecule has 0 unspecified atom stereocenters. The fourth-order valence-electron chi connectivity index (χ4n) is 2.66. The van der Waals surface area contributed by atoms with Crippen molar-refractivity contribution >= 4 is 27.5 Å². The number of halogens is 1. The molecule has 1 aromatic heterocycles. The van der Waals surface area contributed by atoms with Gasteiger partial charge in [-0.25, -0.2) is 4.68 Å². The Kier molecular flexibility index (Phi) is 3.90. The van der Waals surface area contributed by atoms with Crippen molar-refractivity contribution in [3.63, 3.8) is 0 Å². The molecule has 0 saturated heterocycles. The Morgan fingerprint density at radius 2 is 1.79 bits per heavy atom. The smallest absolute Gasteiger partial charge is 0.278 e. The number of anilines is 1. The second-order valence-corrected chi connectivity index (χ2v) is 6.72. The number of aromatic nitrogens is 3. The van der Waals surface area contributed by atoms with Gasteiger partial charge in [-0.1, -0.05) is 39.3 Å². The maximum absolute atomic E-state index is 12.6. The minimum atomic E-state index is -0.216. The van der Waals surface area contributed by atoms with Gasteiger partial charge in [-0.05, 0) is 49.2 Å². The van der Waals surface area contributed by atoms with Gasteiger partial charge in [-0.2, -0.15) is 0 Å². The number of nitrogens with zero attached hydrogens (tertiary/aromatic N) is 3. The van der Waals surface area contributed by atoms with Crippen LogP contribution in [0.5, 0.6) is 0 Å². The number of hydrogen-bond donors (Lipinski definition) is 1. The zero-order valence-corrected chi connectivity index (χ0v) is 14.4. The van der Waals surface area contributed by atoms with E-state index >= 15 is 0 Å². The first kappa shape index (κ1) is 15.1. The molecule has 1 fully saturated rings. The summed E-state index contributed by atoms with van der Waals surface area (Å²) >= 11 is 3.43. The van der Waals surface area contributed by atoms with Crippen molar-refractivity contribution in [1.29, 1.82) is 0 Å². The Morgan fingerprint density at radius 3 is 2.46 bits per heavy atom. The van der Waals surface area contributed by atoms with E-state index in [0.29, 0.717) is 11.6 Å². The summed E-state index contributed by atoms with van der Waals surface area (Å²) in [6, 6.07) is 17.2. The molecule has 1 aliphatic rings. The van der Waals surface area contributed by atoms with Gasteiger partial charge < -0.3 is 5.32 Å². The monoisotopic (exact) mass is 382 g/mol. The van der Waals surface area contributed by atoms with Crippen molar-refractivity contribution in [3.8, 4) is 5.69 Å². The van der Waals surface area contributed by atoms with E-state index in [9.17, 15) is 4.79 Å². The zero-order valence-electron chi connectivity index (χ0n) is 12.8. The van der Waals surface area contributed by atoms with E-state index in [1.54, 1.807) is 4.68 Å². The van der Waals surface area contributed by atoms with E-state index < -0.39 is 0 Å². The second-order valence-electron chi connectivity index (χ2n) is 5.81. The van der Waals surface area contributed by atoms with Gasteiger partial charge in [-0.15, -0.1) is 5.10 Å². The standard InChI is InChI=1S/C18H15BrN4O/c19-13-8-10-15(11-9-13)23-17(12-6-7-12)16(21-22-23)18(24)20-14-4-2-1-3-5-14/h1-5,8-12H,6-7H2,(H,20,24). The zero-order chi connectivity index (χ0) is 16.5. The summed E-state index contributed by atoms with van der Waals surface area (Å²) in [4.78, 5) is 12.6. The second kappa shape index (κ2) is 6.20. The summed E-state index contributed by atoms with van der Waals surface area (Å²) < 4.78 is 2.78. The molecule has 1 N–H and O–H groups in total. The van der Waals surface area contributed by atoms with Crippen molar-refractivity contribution in [1.82, 2.24) is 15.0 Å². The van der Waals surface area contributed by atoms with Gasteiger partial charge in [0.05, 0.1) is 11.4 Å². The Hall–Kier alpha value is -2.47. The molecule has 1 aliphatic carbocycles. The predicted molar refractivity (Wildman–Crippen MR) is 95.4 cm³/mol. The van der Waals surface area contributed by atoms with Gasteiger partial charge in [0.15, 0.2) is 5.69 Å². The van der Waals surface area contributed by atoms with Crippen molar-refractivity contribution < 1.29 is 4.79 Å². The topological polar surface area (TPSA) is 59.8 Å². The van der Waals surface area contributed by atoms with Gasteiger partial charge >= 0.3 is 0 Å². The van der Waals surface area contributed by atoms with E-state index in [-0.39, 0.29) is 5.91 Å². The van der Waals surface area contributed by atoms with Crippen LogP contribution in [0.4, 0.5) is 5.69 Å². The van der Waals surface area contributed by atoms with Gasteiger partial charge in [0, 0.05) is 16.1 Å². The van der Waals surface area contributed by atoms with Crippen LogP contribution in [0.15, 0.2) is 59.1 Å². The van der Waals surface area contributed by atoms with E-state index in [0.717, 1.165) is 34.4 Å². The Bertz CT molecular complexity index is 870. The number of hydrogen-bond acceptors (Lipinski definition) is 3. The van der Waals surface area contributed by atoms with E-state index in [1.807, 2.05) is 54.6 Å². The molecule has 1 heterocycles. The molecular formula is C18H15BrN4O. The number of nitrogens with one attached hydrogen (secondary N) is 1. The quantitative estimate of drug-likeness (QED) is 0.736. The number of para-hydroxylation sites is 1. The van der Waals surface area contributed by atoms with Crippen LogP contribution in [0.1, 0.15) is 34.9 Å². The Balaban J connectivity index is 1.69. The van der Waals surface area contributed by atoms with Crippen molar-refractivity contribution in [2.75, 3.05) is 5.32 Å². The fourth-order valence-corrected chi connectivity index (χ4v) is 2.92. The van der Waals surface area contributed by atoms with Crippen LogP contribution in [0.25, 0.3) is 5.69 Å². The molecule has 0 radical (unpaired) electrons. The molecule has 0 aliphatic heterocycles. The molecule has 5 nitrogen and oxygen atoms in total. The molecule has 24 heavy (non-hydrogen) atoms. The number of rotatable bonds is 4. The summed E-state index contributed by atoms with van der Waals surface area (Å²) in [5, 5.41) is 11.3. The molecule has 0 spiro atoms. The first-order chi connectivity index (χ1) is 11.7.